The average molecular weight is 468 g/mol. The number of benzene rings is 1. The highest BCUT2D eigenvalue weighted by Crippen LogP contribution is 2.30. The molecule has 2 aromatic heterocycles. The predicted octanol–water partition coefficient (Wildman–Crippen LogP) is 6.17. The number of nitrogens with zero attached hydrogens (tertiary/aromatic N) is 2. The van der Waals surface area contributed by atoms with E-state index in [1.165, 1.54) is 17.8 Å². The second kappa shape index (κ2) is 9.79. The zero-order valence-corrected chi connectivity index (χ0v) is 20.0. The second-order valence-electron chi connectivity index (χ2n) is 9.17. The number of aromatic nitrogens is 1. The molecule has 0 saturated carbocycles. The first-order chi connectivity index (χ1) is 15.8. The molecule has 8 heteroatoms. The van der Waals surface area contributed by atoms with Gasteiger partial charge in [-0.15, -0.1) is 0 Å². The molecule has 1 aliphatic rings. The number of rotatable bonds is 6. The molecule has 0 unspecified atom stereocenters. The van der Waals surface area contributed by atoms with E-state index in [9.17, 15) is 9.59 Å². The third-order valence-electron chi connectivity index (χ3n) is 5.34. The highest BCUT2D eigenvalue weighted by molar-refractivity contribution is 7.17. The number of thiazole rings is 1. The smallest absolute Gasteiger partial charge is 0.412 e. The first kappa shape index (κ1) is 23.0. The average Bonchev–Trinajstić information content (AvgIpc) is 3.47. The summed E-state index contributed by atoms with van der Waals surface area (Å²) >= 11 is 1.43. The number of ketones is 1. The second-order valence-corrected chi connectivity index (χ2v) is 10.2. The number of carbonyl (C=O) groups is 2. The van der Waals surface area contributed by atoms with Crippen LogP contribution in [0.2, 0.25) is 0 Å². The minimum atomic E-state index is -0.621. The molecule has 1 aromatic carbocycles. The molecule has 3 heterocycles. The van der Waals surface area contributed by atoms with E-state index in [4.69, 9.17) is 9.15 Å². The van der Waals surface area contributed by atoms with Gasteiger partial charge in [-0.25, -0.2) is 9.78 Å². The maximum Gasteiger partial charge on any atom is 0.412 e. The van der Waals surface area contributed by atoms with Crippen LogP contribution in [-0.4, -0.2) is 35.6 Å². The van der Waals surface area contributed by atoms with Crippen LogP contribution in [0.25, 0.3) is 11.1 Å². The highest BCUT2D eigenvalue weighted by atomic mass is 32.1. The van der Waals surface area contributed by atoms with E-state index < -0.39 is 11.7 Å². The van der Waals surface area contributed by atoms with Gasteiger partial charge in [-0.3, -0.25) is 10.1 Å². The maximum absolute atomic E-state index is 13.2. The van der Waals surface area contributed by atoms with Crippen molar-refractivity contribution in [1.29, 1.82) is 0 Å². The van der Waals surface area contributed by atoms with E-state index in [0.717, 1.165) is 42.2 Å². The molecule has 0 atom stereocenters. The number of piperidine rings is 1. The number of carbonyl (C=O) groups excluding carboxylic acids is 2. The summed E-state index contributed by atoms with van der Waals surface area (Å²) in [6.45, 7) is 7.39. The lowest BCUT2D eigenvalue weighted by molar-refractivity contribution is 0.0635. The number of amides is 1. The van der Waals surface area contributed by atoms with Crippen molar-refractivity contribution in [3.63, 3.8) is 0 Å². The minimum absolute atomic E-state index is 0.0349. The van der Waals surface area contributed by atoms with Crippen LogP contribution in [0.15, 0.2) is 47.4 Å². The Bertz CT molecular complexity index is 1110. The molecule has 4 rings (SSSR count). The summed E-state index contributed by atoms with van der Waals surface area (Å²) in [5, 5.41) is 3.70. The predicted molar refractivity (Wildman–Crippen MR) is 130 cm³/mol. The number of anilines is 2. The van der Waals surface area contributed by atoms with Crippen LogP contribution in [0.5, 0.6) is 0 Å². The Balaban J connectivity index is 1.56. The molecule has 0 bridgehead atoms. The lowest BCUT2D eigenvalue weighted by Gasteiger charge is -2.25. The molecule has 1 aliphatic heterocycles. The monoisotopic (exact) mass is 467 g/mol. The highest BCUT2D eigenvalue weighted by Gasteiger charge is 2.21. The quantitative estimate of drug-likeness (QED) is 0.437. The molecular formula is C25H29N3O4S. The van der Waals surface area contributed by atoms with E-state index in [2.05, 4.69) is 15.2 Å². The fraction of sp³-hybridized carbons (Fsp3) is 0.400. The summed E-state index contributed by atoms with van der Waals surface area (Å²) in [5.74, 6) is -0.0349. The van der Waals surface area contributed by atoms with Crippen LogP contribution in [0.1, 0.15) is 55.3 Å². The first-order valence-electron chi connectivity index (χ1n) is 11.2. The molecule has 0 radical (unpaired) electrons. The van der Waals surface area contributed by atoms with Crippen LogP contribution in [0.4, 0.5) is 15.6 Å². The summed E-state index contributed by atoms with van der Waals surface area (Å²) in [5.41, 5.74) is 2.44. The molecule has 1 N–H and O–H groups in total. The standard InChI is InChI=1S/C25H29N3O4S/c1-25(2,3)32-24(30)27-20-8-7-17(18-9-12-31-16-18)13-19(20)14-21(29)22-15-26-23(33-22)28-10-5-4-6-11-28/h7-9,12-13,15-16H,4-6,10-11,14H2,1-3H3,(H,27,30). The van der Waals surface area contributed by atoms with E-state index in [0.29, 0.717) is 16.1 Å². The van der Waals surface area contributed by atoms with Crippen molar-refractivity contribution in [3.05, 3.63) is 53.4 Å². The van der Waals surface area contributed by atoms with E-state index in [-0.39, 0.29) is 12.2 Å². The topological polar surface area (TPSA) is 84.7 Å². The lowest BCUT2D eigenvalue weighted by Crippen LogP contribution is -2.29. The molecule has 1 saturated heterocycles. The Morgan fingerprint density at radius 3 is 2.64 bits per heavy atom. The van der Waals surface area contributed by atoms with Gasteiger partial charge in [-0.1, -0.05) is 17.4 Å². The lowest BCUT2D eigenvalue weighted by atomic mass is 10.00. The summed E-state index contributed by atoms with van der Waals surface area (Å²) < 4.78 is 10.6. The Morgan fingerprint density at radius 2 is 1.94 bits per heavy atom. The van der Waals surface area contributed by atoms with Gasteiger partial charge in [-0.05, 0) is 69.4 Å². The van der Waals surface area contributed by atoms with Gasteiger partial charge < -0.3 is 14.1 Å². The van der Waals surface area contributed by atoms with Gasteiger partial charge in [0.2, 0.25) is 0 Å². The molecule has 1 amide bonds. The summed E-state index contributed by atoms with van der Waals surface area (Å²) in [4.78, 5) is 32.9. The molecule has 7 nitrogen and oxygen atoms in total. The number of Topliss-reactive ketones (excluding diaryl/α,β-unsaturated/α-hetero) is 1. The van der Waals surface area contributed by atoms with Crippen LogP contribution in [0, 0.1) is 0 Å². The van der Waals surface area contributed by atoms with Gasteiger partial charge in [0.1, 0.15) is 5.60 Å². The third-order valence-corrected chi connectivity index (χ3v) is 6.44. The summed E-state index contributed by atoms with van der Waals surface area (Å²) in [7, 11) is 0. The van der Waals surface area contributed by atoms with E-state index in [1.807, 2.05) is 39.0 Å². The molecule has 1 fully saturated rings. The van der Waals surface area contributed by atoms with Crippen LogP contribution < -0.4 is 10.2 Å². The molecular weight excluding hydrogens is 438 g/mol. The Kier molecular flexibility index (Phi) is 6.83. The zero-order chi connectivity index (χ0) is 23.4. The zero-order valence-electron chi connectivity index (χ0n) is 19.2. The van der Waals surface area contributed by atoms with Gasteiger partial charge in [-0.2, -0.15) is 0 Å². The molecule has 0 aliphatic carbocycles. The maximum atomic E-state index is 13.2. The van der Waals surface area contributed by atoms with Gasteiger partial charge in [0.15, 0.2) is 10.9 Å². The van der Waals surface area contributed by atoms with Gasteiger partial charge >= 0.3 is 6.09 Å². The molecule has 33 heavy (non-hydrogen) atoms. The number of ether oxygens (including phenoxy) is 1. The van der Waals surface area contributed by atoms with Gasteiger partial charge in [0.25, 0.3) is 0 Å². The van der Waals surface area contributed by atoms with Crippen molar-refractivity contribution in [2.24, 2.45) is 0 Å². The number of hydrogen-bond donors (Lipinski definition) is 1. The van der Waals surface area contributed by atoms with Gasteiger partial charge in [0.05, 0.1) is 23.6 Å². The van der Waals surface area contributed by atoms with E-state index >= 15 is 0 Å². The van der Waals surface area contributed by atoms with Crippen molar-refractivity contribution in [2.45, 2.75) is 52.1 Å². The summed E-state index contributed by atoms with van der Waals surface area (Å²) in [6, 6.07) is 7.44. The number of nitrogens with one attached hydrogen (secondary N) is 1. The molecule has 0 spiro atoms. The fourth-order valence-electron chi connectivity index (χ4n) is 3.77. The van der Waals surface area contributed by atoms with Crippen molar-refractivity contribution < 1.29 is 18.7 Å². The SMILES string of the molecule is CC(C)(C)OC(=O)Nc1ccc(-c2ccoc2)cc1CC(=O)c1cnc(N2CCCCC2)s1. The normalized spacial score (nSPS) is 14.2. The Morgan fingerprint density at radius 1 is 1.15 bits per heavy atom. The largest absolute Gasteiger partial charge is 0.472 e. The Labute approximate surface area is 197 Å². The van der Waals surface area contributed by atoms with Crippen molar-refractivity contribution in [3.8, 4) is 11.1 Å². The van der Waals surface area contributed by atoms with E-state index in [1.54, 1.807) is 24.8 Å². The van der Waals surface area contributed by atoms with Crippen molar-refractivity contribution in [2.75, 3.05) is 23.3 Å². The fourth-order valence-corrected chi connectivity index (χ4v) is 4.67. The van der Waals surface area contributed by atoms with Crippen LogP contribution >= 0.6 is 11.3 Å². The van der Waals surface area contributed by atoms with Crippen LogP contribution in [-0.2, 0) is 11.2 Å². The number of hydrogen-bond acceptors (Lipinski definition) is 7. The molecule has 3 aromatic rings. The number of furan rings is 1. The van der Waals surface area contributed by atoms with Crippen LogP contribution in [0.3, 0.4) is 0 Å². The van der Waals surface area contributed by atoms with Crippen molar-refractivity contribution >= 4 is 34.0 Å². The molecule has 174 valence electrons. The van der Waals surface area contributed by atoms with Gasteiger partial charge in [0, 0.05) is 30.8 Å². The summed E-state index contributed by atoms with van der Waals surface area (Å²) in [6.07, 6.45) is 8.05. The minimum Gasteiger partial charge on any atom is -0.472 e. The van der Waals surface area contributed by atoms with Crippen molar-refractivity contribution in [1.82, 2.24) is 4.98 Å². The first-order valence-corrected chi connectivity index (χ1v) is 12.0. The third kappa shape index (κ3) is 6.01. The Hall–Kier alpha value is -3.13.